The standard InChI is InChI=1S/C22H25NO3/c1-22(2)24-16-20(26-22)21-19(18-11-7-4-8-12-18)13-14-25-23(21)15-17-9-5-3-6-10-17/h3-13,20-21H,14-16H2,1-2H3/t20-,21-/m1/s1. The summed E-state index contributed by atoms with van der Waals surface area (Å²) in [7, 11) is 0. The van der Waals surface area contributed by atoms with Crippen LogP contribution in [0.5, 0.6) is 0 Å². The number of nitrogens with zero attached hydrogens (tertiary/aromatic N) is 1. The van der Waals surface area contributed by atoms with E-state index in [1.165, 1.54) is 16.7 Å². The molecule has 4 heteroatoms. The van der Waals surface area contributed by atoms with Crippen molar-refractivity contribution >= 4 is 5.57 Å². The number of benzene rings is 2. The van der Waals surface area contributed by atoms with Gasteiger partial charge in [0.15, 0.2) is 5.79 Å². The molecule has 1 saturated heterocycles. The molecule has 0 unspecified atom stereocenters. The van der Waals surface area contributed by atoms with Crippen LogP contribution in [0.2, 0.25) is 0 Å². The molecule has 26 heavy (non-hydrogen) atoms. The lowest BCUT2D eigenvalue weighted by atomic mass is 9.93. The summed E-state index contributed by atoms with van der Waals surface area (Å²) in [6, 6.07) is 20.8. The molecule has 4 rings (SSSR count). The topological polar surface area (TPSA) is 30.9 Å². The molecule has 2 aromatic carbocycles. The first kappa shape index (κ1) is 17.4. The van der Waals surface area contributed by atoms with E-state index in [2.05, 4.69) is 54.6 Å². The maximum absolute atomic E-state index is 6.22. The molecule has 1 fully saturated rings. The number of rotatable bonds is 4. The predicted molar refractivity (Wildman–Crippen MR) is 101 cm³/mol. The summed E-state index contributed by atoms with van der Waals surface area (Å²) in [5.41, 5.74) is 3.65. The maximum Gasteiger partial charge on any atom is 0.163 e. The molecular weight excluding hydrogens is 326 g/mol. The molecule has 0 radical (unpaired) electrons. The van der Waals surface area contributed by atoms with Gasteiger partial charge in [-0.2, -0.15) is 5.06 Å². The van der Waals surface area contributed by atoms with Crippen molar-refractivity contribution in [1.29, 1.82) is 0 Å². The third kappa shape index (κ3) is 3.74. The summed E-state index contributed by atoms with van der Waals surface area (Å²) < 4.78 is 12.1. The second-order valence-corrected chi connectivity index (χ2v) is 7.19. The van der Waals surface area contributed by atoms with Gasteiger partial charge < -0.3 is 9.47 Å². The Morgan fingerprint density at radius 1 is 1.00 bits per heavy atom. The zero-order valence-electron chi connectivity index (χ0n) is 15.3. The molecule has 2 heterocycles. The molecule has 0 spiro atoms. The molecule has 0 saturated carbocycles. The van der Waals surface area contributed by atoms with Crippen LogP contribution in [0, 0.1) is 0 Å². The van der Waals surface area contributed by atoms with E-state index < -0.39 is 5.79 Å². The monoisotopic (exact) mass is 351 g/mol. The van der Waals surface area contributed by atoms with E-state index >= 15 is 0 Å². The smallest absolute Gasteiger partial charge is 0.163 e. The first-order chi connectivity index (χ1) is 12.6. The molecular formula is C22H25NO3. The zero-order chi connectivity index (χ0) is 18.0. The van der Waals surface area contributed by atoms with Crippen LogP contribution in [-0.4, -0.2) is 36.2 Å². The van der Waals surface area contributed by atoms with Gasteiger partial charge in [-0.25, -0.2) is 0 Å². The van der Waals surface area contributed by atoms with Crippen molar-refractivity contribution in [2.24, 2.45) is 0 Å². The molecule has 0 aromatic heterocycles. The van der Waals surface area contributed by atoms with Gasteiger partial charge in [0.2, 0.25) is 0 Å². The predicted octanol–water partition coefficient (Wildman–Crippen LogP) is 4.04. The van der Waals surface area contributed by atoms with Crippen LogP contribution in [0.25, 0.3) is 5.57 Å². The normalized spacial score (nSPS) is 25.8. The summed E-state index contributed by atoms with van der Waals surface area (Å²) in [6.07, 6.45) is 2.08. The average molecular weight is 351 g/mol. The molecule has 0 aliphatic carbocycles. The Kier molecular flexibility index (Phi) is 4.92. The Balaban J connectivity index is 1.66. The molecule has 4 nitrogen and oxygen atoms in total. The highest BCUT2D eigenvalue weighted by Crippen LogP contribution is 2.35. The number of hydroxylamine groups is 2. The largest absolute Gasteiger partial charge is 0.348 e. The molecule has 2 aromatic rings. The highest BCUT2D eigenvalue weighted by Gasteiger charge is 2.43. The van der Waals surface area contributed by atoms with Gasteiger partial charge in [-0.15, -0.1) is 0 Å². The van der Waals surface area contributed by atoms with Crippen molar-refractivity contribution in [3.8, 4) is 0 Å². The van der Waals surface area contributed by atoms with Gasteiger partial charge in [-0.05, 0) is 30.5 Å². The van der Waals surface area contributed by atoms with E-state index in [4.69, 9.17) is 14.3 Å². The lowest BCUT2D eigenvalue weighted by Crippen LogP contribution is -2.47. The van der Waals surface area contributed by atoms with Crippen LogP contribution >= 0.6 is 0 Å². The van der Waals surface area contributed by atoms with E-state index in [9.17, 15) is 0 Å². The minimum absolute atomic E-state index is 0.0202. The van der Waals surface area contributed by atoms with E-state index in [-0.39, 0.29) is 12.1 Å². The van der Waals surface area contributed by atoms with Crippen LogP contribution in [0.15, 0.2) is 66.7 Å². The van der Waals surface area contributed by atoms with Crippen molar-refractivity contribution in [2.75, 3.05) is 13.2 Å². The summed E-state index contributed by atoms with van der Waals surface area (Å²) in [4.78, 5) is 6.05. The molecule has 2 atom stereocenters. The summed E-state index contributed by atoms with van der Waals surface area (Å²) in [5, 5.41) is 2.05. The molecule has 136 valence electrons. The lowest BCUT2D eigenvalue weighted by Gasteiger charge is -2.38. The Morgan fingerprint density at radius 2 is 1.69 bits per heavy atom. The quantitative estimate of drug-likeness (QED) is 0.832. The minimum atomic E-state index is -0.567. The Bertz CT molecular complexity index is 757. The van der Waals surface area contributed by atoms with E-state index in [1.807, 2.05) is 31.0 Å². The second-order valence-electron chi connectivity index (χ2n) is 7.19. The zero-order valence-corrected chi connectivity index (χ0v) is 15.3. The highest BCUT2D eigenvalue weighted by molar-refractivity contribution is 5.70. The van der Waals surface area contributed by atoms with Crippen molar-refractivity contribution in [1.82, 2.24) is 5.06 Å². The van der Waals surface area contributed by atoms with Crippen molar-refractivity contribution < 1.29 is 14.3 Å². The third-order valence-electron chi connectivity index (χ3n) is 4.84. The molecule has 2 aliphatic heterocycles. The minimum Gasteiger partial charge on any atom is -0.348 e. The molecule has 0 bridgehead atoms. The third-order valence-corrected chi connectivity index (χ3v) is 4.84. The van der Waals surface area contributed by atoms with Crippen LogP contribution in [0.1, 0.15) is 25.0 Å². The van der Waals surface area contributed by atoms with Gasteiger partial charge in [-0.3, -0.25) is 4.84 Å². The van der Waals surface area contributed by atoms with E-state index in [1.54, 1.807) is 0 Å². The van der Waals surface area contributed by atoms with Gasteiger partial charge in [0, 0.05) is 6.54 Å². The van der Waals surface area contributed by atoms with Gasteiger partial charge in [0.05, 0.1) is 19.3 Å². The number of hydrogen-bond acceptors (Lipinski definition) is 4. The van der Waals surface area contributed by atoms with Crippen molar-refractivity contribution in [3.63, 3.8) is 0 Å². The SMILES string of the molecule is CC1(C)OC[C@H]([C@H]2C(c3ccccc3)=CCON2Cc2ccccc2)O1. The van der Waals surface area contributed by atoms with E-state index in [0.717, 1.165) is 0 Å². The van der Waals surface area contributed by atoms with Gasteiger partial charge in [-0.1, -0.05) is 66.7 Å². The fourth-order valence-electron chi connectivity index (χ4n) is 3.66. The summed E-state index contributed by atoms with van der Waals surface area (Å²) >= 11 is 0. The molecule has 2 aliphatic rings. The Hall–Kier alpha value is -1.98. The molecule has 0 N–H and O–H groups in total. The highest BCUT2D eigenvalue weighted by atomic mass is 16.7. The fraction of sp³-hybridized carbons (Fsp3) is 0.364. The van der Waals surface area contributed by atoms with Gasteiger partial charge in [0.25, 0.3) is 0 Å². The van der Waals surface area contributed by atoms with Crippen LogP contribution in [-0.2, 0) is 20.9 Å². The summed E-state index contributed by atoms with van der Waals surface area (Å²) in [5.74, 6) is -0.567. The van der Waals surface area contributed by atoms with Crippen LogP contribution < -0.4 is 0 Å². The maximum atomic E-state index is 6.22. The summed E-state index contributed by atoms with van der Waals surface area (Å²) in [6.45, 7) is 5.74. The lowest BCUT2D eigenvalue weighted by molar-refractivity contribution is -0.208. The van der Waals surface area contributed by atoms with Gasteiger partial charge >= 0.3 is 0 Å². The molecule has 0 amide bonds. The number of hydrogen-bond donors (Lipinski definition) is 0. The fourth-order valence-corrected chi connectivity index (χ4v) is 3.66. The Morgan fingerprint density at radius 3 is 2.35 bits per heavy atom. The second kappa shape index (κ2) is 7.33. The first-order valence-corrected chi connectivity index (χ1v) is 9.13. The number of ether oxygens (including phenoxy) is 2. The van der Waals surface area contributed by atoms with Gasteiger partial charge in [0.1, 0.15) is 6.10 Å². The van der Waals surface area contributed by atoms with Crippen LogP contribution in [0.4, 0.5) is 0 Å². The van der Waals surface area contributed by atoms with E-state index in [0.29, 0.717) is 19.8 Å². The van der Waals surface area contributed by atoms with Crippen LogP contribution in [0.3, 0.4) is 0 Å². The van der Waals surface area contributed by atoms with Crippen molar-refractivity contribution in [2.45, 2.75) is 38.3 Å². The van der Waals surface area contributed by atoms with Crippen molar-refractivity contribution in [3.05, 3.63) is 77.9 Å². The Labute approximate surface area is 154 Å². The average Bonchev–Trinajstić information content (AvgIpc) is 3.02. The first-order valence-electron chi connectivity index (χ1n) is 9.13.